The van der Waals surface area contributed by atoms with E-state index in [0.717, 1.165) is 12.1 Å². The Balaban J connectivity index is 3.25. The molecule has 0 aliphatic heterocycles. The van der Waals surface area contributed by atoms with Gasteiger partial charge in [0.25, 0.3) is 5.69 Å². The average Bonchev–Trinajstić information content (AvgIpc) is 2.15. The second-order valence-corrected chi connectivity index (χ2v) is 3.85. The van der Waals surface area contributed by atoms with Crippen molar-refractivity contribution in [1.82, 2.24) is 0 Å². The summed E-state index contributed by atoms with van der Waals surface area (Å²) in [4.78, 5) is 31.6. The van der Waals surface area contributed by atoms with Gasteiger partial charge in [-0.05, 0) is 6.07 Å². The van der Waals surface area contributed by atoms with E-state index < -0.39 is 28.8 Å². The maximum atomic E-state index is 11.4. The van der Waals surface area contributed by atoms with Crippen molar-refractivity contribution in [3.63, 3.8) is 0 Å². The Kier molecular flexibility index (Phi) is 4.03. The maximum Gasteiger partial charge on any atom is 0.311 e. The van der Waals surface area contributed by atoms with Gasteiger partial charge in [-0.3, -0.25) is 19.7 Å². The highest BCUT2D eigenvalue weighted by atomic mass is 35.5. The quantitative estimate of drug-likeness (QED) is 0.395. The Morgan fingerprint density at radius 1 is 1.29 bits per heavy atom. The zero-order valence-corrected chi connectivity index (χ0v) is 9.66. The molecule has 0 bridgehead atoms. The van der Waals surface area contributed by atoms with E-state index in [1.165, 1.54) is 0 Å². The third kappa shape index (κ3) is 3.15. The van der Waals surface area contributed by atoms with Crippen molar-refractivity contribution >= 4 is 40.6 Å². The number of carboxylic acids is 1. The highest BCUT2D eigenvalue weighted by Crippen LogP contribution is 2.31. The van der Waals surface area contributed by atoms with Gasteiger partial charge in [-0.25, -0.2) is 0 Å². The number of benzene rings is 1. The van der Waals surface area contributed by atoms with Crippen LogP contribution >= 0.6 is 23.2 Å². The molecule has 1 aromatic rings. The summed E-state index contributed by atoms with van der Waals surface area (Å²) in [6, 6.07) is 1.91. The Morgan fingerprint density at radius 3 is 2.35 bits per heavy atom. The predicted octanol–water partition coefficient (Wildman–Crippen LogP) is 2.56. The van der Waals surface area contributed by atoms with E-state index in [4.69, 9.17) is 28.3 Å². The third-order valence-electron chi connectivity index (χ3n) is 1.85. The average molecular weight is 278 g/mol. The van der Waals surface area contributed by atoms with Gasteiger partial charge in [0, 0.05) is 11.6 Å². The number of rotatable bonds is 4. The number of carboxylic acid groups (broad SMARTS) is 1. The van der Waals surface area contributed by atoms with E-state index >= 15 is 0 Å². The topological polar surface area (TPSA) is 97.5 Å². The van der Waals surface area contributed by atoms with Gasteiger partial charge in [0.05, 0.1) is 9.95 Å². The summed E-state index contributed by atoms with van der Waals surface area (Å²) in [6.07, 6.45) is -0.793. The number of hydrogen-bond acceptors (Lipinski definition) is 4. The third-order valence-corrected chi connectivity index (χ3v) is 2.46. The summed E-state index contributed by atoms with van der Waals surface area (Å²) in [6.45, 7) is 0. The first-order valence-corrected chi connectivity index (χ1v) is 4.97. The van der Waals surface area contributed by atoms with Crippen LogP contribution in [0.1, 0.15) is 16.8 Å². The number of nitro groups is 1. The molecule has 17 heavy (non-hydrogen) atoms. The molecule has 0 aliphatic rings. The highest BCUT2D eigenvalue weighted by Gasteiger charge is 2.21. The number of aliphatic carboxylic acids is 1. The lowest BCUT2D eigenvalue weighted by molar-refractivity contribution is -0.384. The molecule has 0 spiro atoms. The zero-order chi connectivity index (χ0) is 13.2. The SMILES string of the molecule is O=C(O)CC(=O)c1cc([N+](=O)[O-])c(Cl)cc1Cl. The monoisotopic (exact) mass is 277 g/mol. The van der Waals surface area contributed by atoms with Crippen LogP contribution in [0.5, 0.6) is 0 Å². The molecule has 1 N–H and O–H groups in total. The minimum absolute atomic E-state index is 0.119. The molecule has 8 heteroatoms. The van der Waals surface area contributed by atoms with Crippen molar-refractivity contribution < 1.29 is 19.6 Å². The van der Waals surface area contributed by atoms with Crippen LogP contribution in [0.4, 0.5) is 5.69 Å². The van der Waals surface area contributed by atoms with Gasteiger partial charge < -0.3 is 5.11 Å². The molecule has 0 radical (unpaired) electrons. The van der Waals surface area contributed by atoms with Crippen molar-refractivity contribution in [2.24, 2.45) is 0 Å². The first kappa shape index (κ1) is 13.4. The normalized spacial score (nSPS) is 10.0. The van der Waals surface area contributed by atoms with E-state index in [1.807, 2.05) is 0 Å². The number of hydrogen-bond donors (Lipinski definition) is 1. The molecule has 0 saturated carbocycles. The van der Waals surface area contributed by atoms with E-state index in [0.29, 0.717) is 0 Å². The molecule has 0 atom stereocenters. The van der Waals surface area contributed by atoms with E-state index in [1.54, 1.807) is 0 Å². The molecule has 1 aromatic carbocycles. The van der Waals surface area contributed by atoms with Gasteiger partial charge in [-0.15, -0.1) is 0 Å². The van der Waals surface area contributed by atoms with Gasteiger partial charge in [-0.1, -0.05) is 23.2 Å². The molecule has 0 heterocycles. The number of nitrogens with zero attached hydrogens (tertiary/aromatic N) is 1. The predicted molar refractivity (Wildman–Crippen MR) is 59.7 cm³/mol. The number of ketones is 1. The molecule has 0 fully saturated rings. The second-order valence-electron chi connectivity index (χ2n) is 3.03. The molecule has 0 amide bonds. The molecule has 0 aliphatic carbocycles. The summed E-state index contributed by atoms with van der Waals surface area (Å²) in [5.41, 5.74) is -0.727. The van der Waals surface area contributed by atoms with Crippen molar-refractivity contribution in [3.8, 4) is 0 Å². The van der Waals surface area contributed by atoms with E-state index in [9.17, 15) is 19.7 Å². The van der Waals surface area contributed by atoms with Crippen LogP contribution in [-0.2, 0) is 4.79 Å². The van der Waals surface area contributed by atoms with Crippen LogP contribution in [-0.4, -0.2) is 21.8 Å². The molecule has 6 nitrogen and oxygen atoms in total. The summed E-state index contributed by atoms with van der Waals surface area (Å²) < 4.78 is 0. The van der Waals surface area contributed by atoms with E-state index in [-0.39, 0.29) is 15.6 Å². The lowest BCUT2D eigenvalue weighted by atomic mass is 10.1. The Labute approximate surface area is 105 Å². The lowest BCUT2D eigenvalue weighted by Crippen LogP contribution is -2.08. The molecule has 1 rings (SSSR count). The fourth-order valence-corrected chi connectivity index (χ4v) is 1.68. The molecule has 0 unspecified atom stereocenters. The van der Waals surface area contributed by atoms with Gasteiger partial charge in [0.2, 0.25) is 0 Å². The van der Waals surface area contributed by atoms with Gasteiger partial charge in [0.1, 0.15) is 11.4 Å². The summed E-state index contributed by atoms with van der Waals surface area (Å²) in [5, 5.41) is 18.7. The molecular weight excluding hydrogens is 273 g/mol. The summed E-state index contributed by atoms with van der Waals surface area (Å²) >= 11 is 11.2. The van der Waals surface area contributed by atoms with Gasteiger partial charge >= 0.3 is 5.97 Å². The number of nitro benzene ring substituents is 1. The maximum absolute atomic E-state index is 11.4. The summed E-state index contributed by atoms with van der Waals surface area (Å²) in [5.74, 6) is -2.16. The number of Topliss-reactive ketones (excluding diaryl/α,β-unsaturated/α-hetero) is 1. The highest BCUT2D eigenvalue weighted by molar-refractivity contribution is 6.38. The first-order chi connectivity index (χ1) is 7.82. The number of carbonyl (C=O) groups excluding carboxylic acids is 1. The molecule has 0 saturated heterocycles. The van der Waals surface area contributed by atoms with Crippen LogP contribution in [0, 0.1) is 10.1 Å². The zero-order valence-electron chi connectivity index (χ0n) is 8.15. The lowest BCUT2D eigenvalue weighted by Gasteiger charge is -2.03. The first-order valence-electron chi connectivity index (χ1n) is 4.21. The van der Waals surface area contributed by atoms with Gasteiger partial charge in [-0.2, -0.15) is 0 Å². The van der Waals surface area contributed by atoms with Crippen LogP contribution in [0.3, 0.4) is 0 Å². The largest absolute Gasteiger partial charge is 0.481 e. The smallest absolute Gasteiger partial charge is 0.311 e. The standard InChI is InChI=1S/C9H5Cl2NO5/c10-5-2-6(11)7(12(16)17)1-4(5)8(13)3-9(14)15/h1-2H,3H2,(H,14,15). The van der Waals surface area contributed by atoms with E-state index in [2.05, 4.69) is 0 Å². The van der Waals surface area contributed by atoms with Crippen LogP contribution in [0.15, 0.2) is 12.1 Å². The fraction of sp³-hybridized carbons (Fsp3) is 0.111. The molecule has 90 valence electrons. The Bertz CT molecular complexity index is 514. The summed E-state index contributed by atoms with van der Waals surface area (Å²) in [7, 11) is 0. The van der Waals surface area contributed by atoms with Gasteiger partial charge in [0.15, 0.2) is 5.78 Å². The molecular formula is C9H5Cl2NO5. The van der Waals surface area contributed by atoms with Crippen molar-refractivity contribution in [3.05, 3.63) is 37.9 Å². The molecule has 0 aromatic heterocycles. The second kappa shape index (κ2) is 5.11. The van der Waals surface area contributed by atoms with Crippen LogP contribution in [0.2, 0.25) is 10.0 Å². The van der Waals surface area contributed by atoms with Crippen molar-refractivity contribution in [2.75, 3.05) is 0 Å². The minimum atomic E-state index is -1.34. The van der Waals surface area contributed by atoms with Crippen LogP contribution in [0.25, 0.3) is 0 Å². The van der Waals surface area contributed by atoms with Crippen molar-refractivity contribution in [2.45, 2.75) is 6.42 Å². The Morgan fingerprint density at radius 2 is 1.88 bits per heavy atom. The fourth-order valence-electron chi connectivity index (χ4n) is 1.12. The number of halogens is 2. The Hall–Kier alpha value is -1.66. The minimum Gasteiger partial charge on any atom is -0.481 e. The number of carbonyl (C=O) groups is 2. The van der Waals surface area contributed by atoms with Crippen molar-refractivity contribution in [1.29, 1.82) is 0 Å². The van der Waals surface area contributed by atoms with Crippen LogP contribution < -0.4 is 0 Å².